The number of hydrogen-bond acceptors (Lipinski definition) is 4. The molecular weight excluding hydrogens is 423 g/mol. The van der Waals surface area contributed by atoms with Crippen LogP contribution in [0, 0.1) is 0 Å². The molecule has 5 nitrogen and oxygen atoms in total. The molecule has 2 aromatic carbocycles. The molecule has 0 spiro atoms. The number of carboxylic acid groups (broad SMARTS) is 1. The number of ether oxygens (including phenoxy) is 1. The molecule has 0 aliphatic carbocycles. The molecule has 1 unspecified atom stereocenters. The number of Topliss-reactive ketones (excluding diaryl/α,β-unsaturated/α-hetero) is 1. The van der Waals surface area contributed by atoms with E-state index in [1.165, 1.54) is 20.1 Å². The van der Waals surface area contributed by atoms with Gasteiger partial charge >= 0.3 is 12.1 Å². The summed E-state index contributed by atoms with van der Waals surface area (Å²) in [5, 5.41) is 12.8. The largest absolute Gasteiger partial charge is 0.496 e. The lowest BCUT2D eigenvalue weighted by atomic mass is 9.79. The molecule has 2 N–H and O–H groups in total. The Kier molecular flexibility index (Phi) is 8.07. The number of ketones is 1. The van der Waals surface area contributed by atoms with Crippen LogP contribution < -0.4 is 10.1 Å². The van der Waals surface area contributed by atoms with Crippen LogP contribution in [0.2, 0.25) is 0 Å². The summed E-state index contributed by atoms with van der Waals surface area (Å²) >= 11 is 0. The van der Waals surface area contributed by atoms with E-state index in [1.807, 2.05) is 0 Å². The van der Waals surface area contributed by atoms with Crippen molar-refractivity contribution >= 4 is 11.8 Å². The lowest BCUT2D eigenvalue weighted by Gasteiger charge is -2.25. The van der Waals surface area contributed by atoms with Gasteiger partial charge in [-0.05, 0) is 61.2 Å². The van der Waals surface area contributed by atoms with Crippen molar-refractivity contribution in [2.45, 2.75) is 51.7 Å². The van der Waals surface area contributed by atoms with Crippen molar-refractivity contribution in [3.8, 4) is 16.9 Å². The number of hydrogen-bond donors (Lipinski definition) is 2. The highest BCUT2D eigenvalue weighted by Gasteiger charge is 2.34. The average Bonchev–Trinajstić information content (AvgIpc) is 2.74. The van der Waals surface area contributed by atoms with Crippen LogP contribution in [0.15, 0.2) is 36.4 Å². The molecule has 0 radical (unpaired) electrons. The van der Waals surface area contributed by atoms with E-state index in [0.29, 0.717) is 41.0 Å². The van der Waals surface area contributed by atoms with Crippen molar-refractivity contribution in [3.05, 3.63) is 53.1 Å². The number of rotatable bonds is 10. The number of nitrogens with one attached hydrogen (secondary N) is 1. The molecular formula is C24H28F3NO4. The number of carbonyl (C=O) groups excluding carboxylic acids is 1. The number of halogens is 3. The third-order valence-corrected chi connectivity index (χ3v) is 5.71. The highest BCUT2D eigenvalue weighted by atomic mass is 19.4. The zero-order valence-electron chi connectivity index (χ0n) is 18.6. The Hall–Kier alpha value is -2.87. The first-order valence-corrected chi connectivity index (χ1v) is 10.3. The molecule has 0 aliphatic heterocycles. The van der Waals surface area contributed by atoms with E-state index in [2.05, 4.69) is 5.32 Å². The maximum atomic E-state index is 13.3. The maximum absolute atomic E-state index is 13.3. The molecule has 8 heteroatoms. The van der Waals surface area contributed by atoms with Crippen LogP contribution in [0.4, 0.5) is 13.2 Å². The Morgan fingerprint density at radius 3 is 2.25 bits per heavy atom. The van der Waals surface area contributed by atoms with Crippen LogP contribution in [0.3, 0.4) is 0 Å². The fourth-order valence-electron chi connectivity index (χ4n) is 3.41. The van der Waals surface area contributed by atoms with Gasteiger partial charge < -0.3 is 15.2 Å². The molecule has 2 rings (SSSR count). The number of aliphatic carboxylic acids is 1. The highest BCUT2D eigenvalue weighted by molar-refractivity contribution is 5.83. The molecule has 0 aliphatic rings. The number of methoxy groups -OCH3 is 1. The van der Waals surface area contributed by atoms with Gasteiger partial charge in [-0.2, -0.15) is 13.2 Å². The summed E-state index contributed by atoms with van der Waals surface area (Å²) in [5.41, 5.74) is -0.0547. The SMILES string of the molecule is CCC(C)(C(=O)O)c1ccc(OC)c(-c2ccc(C(F)(F)F)cc2CNCCC(C)=O)c1. The molecule has 0 fully saturated rings. The van der Waals surface area contributed by atoms with E-state index in [0.717, 1.165) is 12.1 Å². The molecule has 0 amide bonds. The van der Waals surface area contributed by atoms with Crippen LogP contribution in [0.1, 0.15) is 50.3 Å². The topological polar surface area (TPSA) is 75.6 Å². The van der Waals surface area contributed by atoms with Crippen LogP contribution in [0.25, 0.3) is 11.1 Å². The van der Waals surface area contributed by atoms with Crippen LogP contribution in [-0.4, -0.2) is 30.5 Å². The Balaban J connectivity index is 2.62. The van der Waals surface area contributed by atoms with Gasteiger partial charge in [0, 0.05) is 25.1 Å². The first kappa shape index (κ1) is 25.4. The van der Waals surface area contributed by atoms with Crippen molar-refractivity contribution < 1.29 is 32.6 Å². The van der Waals surface area contributed by atoms with Gasteiger partial charge in [-0.25, -0.2) is 0 Å². The zero-order valence-corrected chi connectivity index (χ0v) is 18.6. The number of alkyl halides is 3. The standard InChI is InChI=1S/C24H28F3NO4/c1-5-23(3,22(30)31)17-7-9-21(32-4)20(13-17)19-8-6-18(24(25,26)27)12-16(19)14-28-11-10-15(2)29/h6-9,12-13,28H,5,10-11,14H2,1-4H3,(H,30,31). The van der Waals surface area contributed by atoms with Crippen molar-refractivity contribution in [3.63, 3.8) is 0 Å². The van der Waals surface area contributed by atoms with Gasteiger partial charge in [0.1, 0.15) is 11.5 Å². The van der Waals surface area contributed by atoms with Gasteiger partial charge in [0.25, 0.3) is 0 Å². The second kappa shape index (κ2) is 10.2. The molecule has 174 valence electrons. The number of carboxylic acids is 1. The zero-order chi connectivity index (χ0) is 24.1. The van der Waals surface area contributed by atoms with Gasteiger partial charge in [0.15, 0.2) is 0 Å². The monoisotopic (exact) mass is 451 g/mol. The quantitative estimate of drug-likeness (QED) is 0.486. The minimum Gasteiger partial charge on any atom is -0.496 e. The maximum Gasteiger partial charge on any atom is 0.416 e. The predicted molar refractivity (Wildman–Crippen MR) is 116 cm³/mol. The Morgan fingerprint density at radius 1 is 1.06 bits per heavy atom. The average molecular weight is 451 g/mol. The van der Waals surface area contributed by atoms with Gasteiger partial charge in [-0.3, -0.25) is 9.59 Å². The first-order valence-electron chi connectivity index (χ1n) is 10.3. The molecule has 0 heterocycles. The van der Waals surface area contributed by atoms with Crippen molar-refractivity contribution in [2.24, 2.45) is 0 Å². The van der Waals surface area contributed by atoms with Crippen LogP contribution >= 0.6 is 0 Å². The van der Waals surface area contributed by atoms with E-state index >= 15 is 0 Å². The smallest absolute Gasteiger partial charge is 0.416 e. The summed E-state index contributed by atoms with van der Waals surface area (Å²) in [7, 11) is 1.45. The minimum atomic E-state index is -4.51. The summed E-state index contributed by atoms with van der Waals surface area (Å²) in [6.45, 7) is 5.25. The molecule has 0 saturated heterocycles. The van der Waals surface area contributed by atoms with Gasteiger partial charge in [-0.15, -0.1) is 0 Å². The first-order chi connectivity index (χ1) is 14.9. The van der Waals surface area contributed by atoms with Crippen molar-refractivity contribution in [2.75, 3.05) is 13.7 Å². The normalized spacial score (nSPS) is 13.5. The van der Waals surface area contributed by atoms with Gasteiger partial charge in [0.2, 0.25) is 0 Å². The van der Waals surface area contributed by atoms with E-state index < -0.39 is 23.1 Å². The molecule has 2 aromatic rings. The fourth-order valence-corrected chi connectivity index (χ4v) is 3.41. The van der Waals surface area contributed by atoms with E-state index in [4.69, 9.17) is 4.74 Å². The molecule has 1 atom stereocenters. The summed E-state index contributed by atoms with van der Waals surface area (Å²) in [4.78, 5) is 23.1. The second-order valence-electron chi connectivity index (χ2n) is 7.90. The summed E-state index contributed by atoms with van der Waals surface area (Å²) < 4.78 is 45.5. The molecule has 32 heavy (non-hydrogen) atoms. The Bertz CT molecular complexity index is 988. The second-order valence-corrected chi connectivity index (χ2v) is 7.90. The molecule has 0 aromatic heterocycles. The third kappa shape index (κ3) is 5.68. The predicted octanol–water partition coefficient (Wildman–Crippen LogP) is 5.20. The summed E-state index contributed by atoms with van der Waals surface area (Å²) in [6.07, 6.45) is -3.91. The highest BCUT2D eigenvalue weighted by Crippen LogP contribution is 2.40. The van der Waals surface area contributed by atoms with Gasteiger partial charge in [-0.1, -0.05) is 19.1 Å². The van der Waals surface area contributed by atoms with Crippen LogP contribution in [0.5, 0.6) is 5.75 Å². The minimum absolute atomic E-state index is 0.0244. The Labute approximate surface area is 185 Å². The lowest BCUT2D eigenvalue weighted by molar-refractivity contribution is -0.143. The fraction of sp³-hybridized carbons (Fsp3) is 0.417. The Morgan fingerprint density at radius 2 is 1.72 bits per heavy atom. The number of benzene rings is 2. The van der Waals surface area contributed by atoms with E-state index in [9.17, 15) is 27.9 Å². The van der Waals surface area contributed by atoms with E-state index in [1.54, 1.807) is 32.0 Å². The van der Waals surface area contributed by atoms with Crippen molar-refractivity contribution in [1.29, 1.82) is 0 Å². The number of carbonyl (C=O) groups is 2. The van der Waals surface area contributed by atoms with Crippen LogP contribution in [-0.2, 0) is 27.7 Å². The molecule has 0 bridgehead atoms. The van der Waals surface area contributed by atoms with Gasteiger partial charge in [0.05, 0.1) is 18.1 Å². The summed E-state index contributed by atoms with van der Waals surface area (Å²) in [6, 6.07) is 8.39. The lowest BCUT2D eigenvalue weighted by Crippen LogP contribution is -2.31. The molecule has 0 saturated carbocycles. The van der Waals surface area contributed by atoms with Crippen molar-refractivity contribution in [1.82, 2.24) is 5.32 Å². The van der Waals surface area contributed by atoms with E-state index in [-0.39, 0.29) is 18.7 Å². The summed E-state index contributed by atoms with van der Waals surface area (Å²) in [5.74, 6) is -0.597. The third-order valence-electron chi connectivity index (χ3n) is 5.71.